The second kappa shape index (κ2) is 10.5. The Balaban J connectivity index is 1.54. The van der Waals surface area contributed by atoms with Gasteiger partial charge in [0.25, 0.3) is 5.91 Å². The number of aryl methyl sites for hydroxylation is 1. The number of nitrogens with one attached hydrogen (secondary N) is 2. The molecule has 0 aliphatic rings. The lowest BCUT2D eigenvalue weighted by Crippen LogP contribution is -2.34. The van der Waals surface area contributed by atoms with E-state index in [0.717, 1.165) is 5.75 Å². The number of amides is 2. The van der Waals surface area contributed by atoms with Gasteiger partial charge in [-0.3, -0.25) is 9.59 Å². The van der Waals surface area contributed by atoms with E-state index in [4.69, 9.17) is 16.3 Å². The Hall–Kier alpha value is -2.53. The van der Waals surface area contributed by atoms with Crippen LogP contribution < -0.4 is 15.4 Å². The summed E-state index contributed by atoms with van der Waals surface area (Å²) in [4.78, 5) is 23.7. The van der Waals surface area contributed by atoms with Gasteiger partial charge in [-0.1, -0.05) is 35.4 Å². The highest BCUT2D eigenvalue weighted by Crippen LogP contribution is 2.12. The van der Waals surface area contributed by atoms with Crippen molar-refractivity contribution < 1.29 is 14.3 Å². The van der Waals surface area contributed by atoms with E-state index in [1.807, 2.05) is 31.2 Å². The molecule has 6 heteroatoms. The molecule has 2 rings (SSSR count). The summed E-state index contributed by atoms with van der Waals surface area (Å²) < 4.78 is 5.58. The Labute approximate surface area is 158 Å². The minimum atomic E-state index is -0.215. The lowest BCUT2D eigenvalue weighted by molar-refractivity contribution is -0.121. The van der Waals surface area contributed by atoms with Crippen molar-refractivity contribution in [2.24, 2.45) is 0 Å². The minimum Gasteiger partial charge on any atom is -0.494 e. The SMILES string of the molecule is Cc1ccc(OCCCC(=O)NCCNC(=O)c2cccc(Cl)c2)cc1. The van der Waals surface area contributed by atoms with Gasteiger partial charge in [-0.05, 0) is 43.7 Å². The summed E-state index contributed by atoms with van der Waals surface area (Å²) in [7, 11) is 0. The van der Waals surface area contributed by atoms with Crippen LogP contribution in [0, 0.1) is 6.92 Å². The smallest absolute Gasteiger partial charge is 0.251 e. The second-order valence-electron chi connectivity index (χ2n) is 5.88. The molecule has 0 saturated carbocycles. The van der Waals surface area contributed by atoms with E-state index in [1.165, 1.54) is 5.56 Å². The first kappa shape index (κ1) is 19.8. The summed E-state index contributed by atoms with van der Waals surface area (Å²) in [5.74, 6) is 0.530. The van der Waals surface area contributed by atoms with Crippen molar-refractivity contribution in [2.45, 2.75) is 19.8 Å². The van der Waals surface area contributed by atoms with E-state index in [0.29, 0.717) is 43.1 Å². The standard InChI is InChI=1S/C20H23ClN2O3/c1-15-7-9-18(10-8-15)26-13-3-6-19(24)22-11-12-23-20(25)16-4-2-5-17(21)14-16/h2,4-5,7-10,14H,3,6,11-13H2,1H3,(H,22,24)(H,23,25). The first-order valence-corrected chi connectivity index (χ1v) is 8.92. The van der Waals surface area contributed by atoms with Crippen LogP contribution in [0.3, 0.4) is 0 Å². The molecule has 138 valence electrons. The van der Waals surface area contributed by atoms with Crippen molar-refractivity contribution in [3.63, 3.8) is 0 Å². The number of ether oxygens (including phenoxy) is 1. The van der Waals surface area contributed by atoms with Crippen LogP contribution >= 0.6 is 11.6 Å². The van der Waals surface area contributed by atoms with Gasteiger partial charge < -0.3 is 15.4 Å². The highest BCUT2D eigenvalue weighted by Gasteiger charge is 2.06. The van der Waals surface area contributed by atoms with E-state index in [1.54, 1.807) is 24.3 Å². The summed E-state index contributed by atoms with van der Waals surface area (Å²) in [5, 5.41) is 6.02. The lowest BCUT2D eigenvalue weighted by atomic mass is 10.2. The zero-order valence-corrected chi connectivity index (χ0v) is 15.5. The van der Waals surface area contributed by atoms with Gasteiger partial charge in [0.05, 0.1) is 6.61 Å². The minimum absolute atomic E-state index is 0.0606. The highest BCUT2D eigenvalue weighted by molar-refractivity contribution is 6.30. The summed E-state index contributed by atoms with van der Waals surface area (Å²) in [6.07, 6.45) is 1.02. The molecular weight excluding hydrogens is 352 g/mol. The normalized spacial score (nSPS) is 10.2. The maximum absolute atomic E-state index is 11.9. The molecule has 0 aliphatic carbocycles. The van der Waals surface area contributed by atoms with Crippen LogP contribution in [0.1, 0.15) is 28.8 Å². The van der Waals surface area contributed by atoms with Gasteiger partial charge in [-0.15, -0.1) is 0 Å². The quantitative estimate of drug-likeness (QED) is 0.661. The van der Waals surface area contributed by atoms with E-state index in [9.17, 15) is 9.59 Å². The number of carbonyl (C=O) groups is 2. The van der Waals surface area contributed by atoms with Gasteiger partial charge in [0.2, 0.25) is 5.91 Å². The van der Waals surface area contributed by atoms with Crippen molar-refractivity contribution in [3.05, 3.63) is 64.7 Å². The van der Waals surface area contributed by atoms with Crippen LogP contribution in [0.2, 0.25) is 5.02 Å². The largest absolute Gasteiger partial charge is 0.494 e. The number of rotatable bonds is 9. The number of halogens is 1. The van der Waals surface area contributed by atoms with Crippen molar-refractivity contribution in [1.82, 2.24) is 10.6 Å². The van der Waals surface area contributed by atoms with Crippen molar-refractivity contribution in [1.29, 1.82) is 0 Å². The maximum atomic E-state index is 11.9. The first-order chi connectivity index (χ1) is 12.5. The van der Waals surface area contributed by atoms with Crippen LogP contribution in [-0.2, 0) is 4.79 Å². The summed E-state index contributed by atoms with van der Waals surface area (Å²) in [6, 6.07) is 14.5. The average Bonchev–Trinajstić information content (AvgIpc) is 2.63. The molecule has 2 N–H and O–H groups in total. The molecule has 0 aliphatic heterocycles. The van der Waals surface area contributed by atoms with E-state index in [-0.39, 0.29) is 11.8 Å². The van der Waals surface area contributed by atoms with Crippen LogP contribution in [-0.4, -0.2) is 31.5 Å². The zero-order valence-electron chi connectivity index (χ0n) is 14.8. The summed E-state index contributed by atoms with van der Waals surface area (Å²) in [6.45, 7) is 3.24. The van der Waals surface area contributed by atoms with E-state index >= 15 is 0 Å². The molecule has 0 saturated heterocycles. The van der Waals surface area contributed by atoms with Gasteiger partial charge in [0.15, 0.2) is 0 Å². The molecule has 2 amide bonds. The first-order valence-electron chi connectivity index (χ1n) is 8.54. The van der Waals surface area contributed by atoms with Gasteiger partial charge in [-0.2, -0.15) is 0 Å². The Morgan fingerprint density at radius 2 is 1.77 bits per heavy atom. The van der Waals surface area contributed by atoms with Gasteiger partial charge in [-0.25, -0.2) is 0 Å². The zero-order chi connectivity index (χ0) is 18.8. The monoisotopic (exact) mass is 374 g/mol. The van der Waals surface area contributed by atoms with E-state index < -0.39 is 0 Å². The number of benzene rings is 2. The number of carbonyl (C=O) groups excluding carboxylic acids is 2. The Morgan fingerprint density at radius 1 is 1.04 bits per heavy atom. The molecule has 0 unspecified atom stereocenters. The molecule has 5 nitrogen and oxygen atoms in total. The Morgan fingerprint density at radius 3 is 2.50 bits per heavy atom. The van der Waals surface area contributed by atoms with E-state index in [2.05, 4.69) is 10.6 Å². The van der Waals surface area contributed by atoms with Gasteiger partial charge in [0, 0.05) is 30.1 Å². The van der Waals surface area contributed by atoms with Crippen molar-refractivity contribution >= 4 is 23.4 Å². The molecule has 0 atom stereocenters. The van der Waals surface area contributed by atoms with Gasteiger partial charge in [0.1, 0.15) is 5.75 Å². The maximum Gasteiger partial charge on any atom is 0.251 e. The number of hydrogen-bond donors (Lipinski definition) is 2. The van der Waals surface area contributed by atoms with Gasteiger partial charge >= 0.3 is 0 Å². The molecular formula is C20H23ClN2O3. The molecule has 0 spiro atoms. The van der Waals surface area contributed by atoms with Crippen molar-refractivity contribution in [3.8, 4) is 5.75 Å². The fraction of sp³-hybridized carbons (Fsp3) is 0.300. The Kier molecular flexibility index (Phi) is 7.96. The lowest BCUT2D eigenvalue weighted by Gasteiger charge is -2.08. The van der Waals surface area contributed by atoms with Crippen LogP contribution in [0.25, 0.3) is 0 Å². The summed E-state index contributed by atoms with van der Waals surface area (Å²) in [5.41, 5.74) is 1.68. The molecule has 0 heterocycles. The molecule has 2 aromatic rings. The highest BCUT2D eigenvalue weighted by atomic mass is 35.5. The average molecular weight is 375 g/mol. The third-order valence-electron chi connectivity index (χ3n) is 3.66. The van der Waals surface area contributed by atoms with Crippen LogP contribution in [0.4, 0.5) is 0 Å². The molecule has 2 aromatic carbocycles. The predicted octanol–water partition coefficient (Wildman–Crippen LogP) is 3.35. The number of hydrogen-bond acceptors (Lipinski definition) is 3. The van der Waals surface area contributed by atoms with Crippen LogP contribution in [0.15, 0.2) is 48.5 Å². The fourth-order valence-corrected chi connectivity index (χ4v) is 2.45. The topological polar surface area (TPSA) is 67.4 Å². The van der Waals surface area contributed by atoms with Crippen LogP contribution in [0.5, 0.6) is 5.75 Å². The van der Waals surface area contributed by atoms with Crippen molar-refractivity contribution in [2.75, 3.05) is 19.7 Å². The molecule has 0 fully saturated rings. The fourth-order valence-electron chi connectivity index (χ4n) is 2.26. The Bertz CT molecular complexity index is 732. The molecule has 0 bridgehead atoms. The molecule has 0 radical (unpaired) electrons. The predicted molar refractivity (Wildman–Crippen MR) is 103 cm³/mol. The molecule has 26 heavy (non-hydrogen) atoms. The second-order valence-corrected chi connectivity index (χ2v) is 6.32. The molecule has 0 aromatic heterocycles. The third kappa shape index (κ3) is 7.15. The summed E-state index contributed by atoms with van der Waals surface area (Å²) >= 11 is 5.85. The third-order valence-corrected chi connectivity index (χ3v) is 3.89.